The number of hydrogen-bond acceptors (Lipinski definition) is 9. The summed E-state index contributed by atoms with van der Waals surface area (Å²) in [5.41, 5.74) is -0.175. The first-order valence-electron chi connectivity index (χ1n) is 8.22. The molecule has 6 N–H and O–H groups in total. The van der Waals surface area contributed by atoms with Crippen molar-refractivity contribution in [2.24, 2.45) is 5.92 Å². The van der Waals surface area contributed by atoms with Crippen molar-refractivity contribution in [3.05, 3.63) is 23.8 Å². The smallest absolute Gasteiger partial charge is 0.304 e. The molecular weight excluding hydrogens is 364 g/mol. The lowest BCUT2D eigenvalue weighted by atomic mass is 9.95. The summed E-state index contributed by atoms with van der Waals surface area (Å²) < 4.78 is 10.5. The Bertz CT molecular complexity index is 688. The van der Waals surface area contributed by atoms with Crippen LogP contribution in [0.2, 0.25) is 0 Å². The van der Waals surface area contributed by atoms with Crippen LogP contribution in [-0.4, -0.2) is 79.7 Å². The normalized spacial score (nSPS) is 29.1. The molecule has 0 aromatic heterocycles. The summed E-state index contributed by atoms with van der Waals surface area (Å²) in [6, 6.07) is 3.94. The number of ketones is 1. The minimum absolute atomic E-state index is 0.175. The fourth-order valence-corrected chi connectivity index (χ4v) is 2.73. The molecule has 0 radical (unpaired) electrons. The molecule has 1 aromatic carbocycles. The molecule has 10 heteroatoms. The second-order valence-corrected chi connectivity index (χ2v) is 6.33. The molecule has 0 aliphatic carbocycles. The van der Waals surface area contributed by atoms with Crippen molar-refractivity contribution < 1.29 is 49.7 Å². The summed E-state index contributed by atoms with van der Waals surface area (Å²) >= 11 is 0. The minimum atomic E-state index is -1.69. The first-order chi connectivity index (χ1) is 12.7. The molecule has 0 saturated carbocycles. The number of carboxylic acid groups (broad SMARTS) is 1. The zero-order valence-corrected chi connectivity index (χ0v) is 14.4. The Labute approximate surface area is 154 Å². The van der Waals surface area contributed by atoms with E-state index in [1.807, 2.05) is 0 Å². The molecule has 2 rings (SSSR count). The minimum Gasteiger partial charge on any atom is -0.504 e. The number of aliphatic hydroxyl groups is 4. The summed E-state index contributed by atoms with van der Waals surface area (Å²) in [4.78, 5) is 23.1. The highest BCUT2D eigenvalue weighted by atomic mass is 16.7. The molecule has 0 bridgehead atoms. The zero-order chi connectivity index (χ0) is 20.3. The lowest BCUT2D eigenvalue weighted by Crippen LogP contribution is -2.60. The van der Waals surface area contributed by atoms with Gasteiger partial charge in [-0.25, -0.2) is 0 Å². The molecule has 1 fully saturated rings. The van der Waals surface area contributed by atoms with Crippen molar-refractivity contribution in [2.45, 2.75) is 44.1 Å². The SMILES string of the molecule is C[C@@H](CC(=O)O)C(=O)c1cccc(O[C@@H]2O[C@H](CO)[C@@H](O)[C@H](O)[C@H]2O)c1O. The van der Waals surface area contributed by atoms with Crippen LogP contribution >= 0.6 is 0 Å². The lowest BCUT2D eigenvalue weighted by molar-refractivity contribution is -0.277. The first-order valence-corrected chi connectivity index (χ1v) is 8.22. The van der Waals surface area contributed by atoms with Crippen LogP contribution in [0.3, 0.4) is 0 Å². The van der Waals surface area contributed by atoms with Gasteiger partial charge in [0.1, 0.15) is 24.4 Å². The zero-order valence-electron chi connectivity index (χ0n) is 14.4. The standard InChI is InChI=1S/C17H22O10/c1-7(5-11(19)20)12(21)8-3-2-4-9(13(8)22)26-17-16(25)15(24)14(23)10(6-18)27-17/h2-4,7,10,14-18,22-25H,5-6H2,1H3,(H,19,20)/t7-,10+,14+,15-,16+,17+/m0/s1. The number of carbonyl (C=O) groups excluding carboxylic acids is 1. The number of benzene rings is 1. The largest absolute Gasteiger partial charge is 0.504 e. The van der Waals surface area contributed by atoms with Gasteiger partial charge in [-0.15, -0.1) is 0 Å². The van der Waals surface area contributed by atoms with E-state index in [1.54, 1.807) is 0 Å². The summed E-state index contributed by atoms with van der Waals surface area (Å²) in [5.74, 6) is -3.52. The van der Waals surface area contributed by atoms with Crippen LogP contribution in [0, 0.1) is 5.92 Å². The quantitative estimate of drug-likeness (QED) is 0.314. The Hall–Kier alpha value is -2.24. The third-order valence-corrected chi connectivity index (χ3v) is 4.28. The fraction of sp³-hybridized carbons (Fsp3) is 0.529. The Kier molecular flexibility index (Phi) is 6.73. The van der Waals surface area contributed by atoms with Crippen molar-refractivity contribution in [1.29, 1.82) is 0 Å². The molecular formula is C17H22O10. The van der Waals surface area contributed by atoms with Gasteiger partial charge in [0.05, 0.1) is 18.6 Å². The van der Waals surface area contributed by atoms with E-state index in [0.29, 0.717) is 0 Å². The molecule has 10 nitrogen and oxygen atoms in total. The van der Waals surface area contributed by atoms with E-state index in [-0.39, 0.29) is 11.3 Å². The van der Waals surface area contributed by atoms with Gasteiger partial charge in [-0.2, -0.15) is 0 Å². The molecule has 1 aliphatic heterocycles. The highest BCUT2D eigenvalue weighted by molar-refractivity contribution is 6.01. The molecule has 6 atom stereocenters. The number of aromatic hydroxyl groups is 1. The van der Waals surface area contributed by atoms with Crippen LogP contribution in [0.1, 0.15) is 23.7 Å². The molecule has 1 saturated heterocycles. The van der Waals surface area contributed by atoms with Gasteiger partial charge >= 0.3 is 5.97 Å². The van der Waals surface area contributed by atoms with Gasteiger partial charge in [0.25, 0.3) is 0 Å². The van der Waals surface area contributed by atoms with Crippen LogP contribution < -0.4 is 4.74 Å². The Balaban J connectivity index is 2.22. The molecule has 27 heavy (non-hydrogen) atoms. The molecule has 1 heterocycles. The number of aliphatic hydroxyl groups excluding tert-OH is 4. The second-order valence-electron chi connectivity index (χ2n) is 6.33. The second kappa shape index (κ2) is 8.63. The molecule has 0 amide bonds. The van der Waals surface area contributed by atoms with Crippen LogP contribution in [0.25, 0.3) is 0 Å². The monoisotopic (exact) mass is 386 g/mol. The maximum atomic E-state index is 12.3. The van der Waals surface area contributed by atoms with Crippen molar-refractivity contribution >= 4 is 11.8 Å². The van der Waals surface area contributed by atoms with E-state index in [1.165, 1.54) is 25.1 Å². The van der Waals surface area contributed by atoms with Crippen molar-refractivity contribution in [3.8, 4) is 11.5 Å². The first kappa shape index (κ1) is 21.1. The van der Waals surface area contributed by atoms with E-state index >= 15 is 0 Å². The number of phenolic OH excluding ortho intramolecular Hbond substituents is 1. The Morgan fingerprint density at radius 1 is 1.19 bits per heavy atom. The molecule has 150 valence electrons. The van der Waals surface area contributed by atoms with E-state index in [2.05, 4.69) is 0 Å². The maximum absolute atomic E-state index is 12.3. The fourth-order valence-electron chi connectivity index (χ4n) is 2.73. The van der Waals surface area contributed by atoms with Crippen LogP contribution in [-0.2, 0) is 9.53 Å². The number of carboxylic acids is 1. The van der Waals surface area contributed by atoms with Crippen LogP contribution in [0.4, 0.5) is 0 Å². The number of carbonyl (C=O) groups is 2. The number of ether oxygens (including phenoxy) is 2. The van der Waals surface area contributed by atoms with Crippen LogP contribution in [0.5, 0.6) is 11.5 Å². The average Bonchev–Trinajstić information content (AvgIpc) is 2.62. The Morgan fingerprint density at radius 2 is 1.85 bits per heavy atom. The number of phenols is 1. The van der Waals surface area contributed by atoms with Crippen molar-refractivity contribution in [1.82, 2.24) is 0 Å². The van der Waals surface area contributed by atoms with E-state index < -0.39 is 67.2 Å². The van der Waals surface area contributed by atoms with Gasteiger partial charge in [-0.1, -0.05) is 13.0 Å². The van der Waals surface area contributed by atoms with Crippen molar-refractivity contribution in [2.75, 3.05) is 6.61 Å². The van der Waals surface area contributed by atoms with Crippen LogP contribution in [0.15, 0.2) is 18.2 Å². The topological polar surface area (TPSA) is 174 Å². The van der Waals surface area contributed by atoms with Gasteiger partial charge in [0.2, 0.25) is 6.29 Å². The average molecular weight is 386 g/mol. The van der Waals surface area contributed by atoms with E-state index in [9.17, 15) is 35.1 Å². The number of para-hydroxylation sites is 1. The molecule has 1 aromatic rings. The summed E-state index contributed by atoms with van der Waals surface area (Å²) in [6.07, 6.45) is -8.07. The molecule has 1 aliphatic rings. The number of rotatable bonds is 7. The predicted molar refractivity (Wildman–Crippen MR) is 88.2 cm³/mol. The van der Waals surface area contributed by atoms with Crippen molar-refractivity contribution in [3.63, 3.8) is 0 Å². The summed E-state index contributed by atoms with van der Waals surface area (Å²) in [6.45, 7) is 0.753. The number of Topliss-reactive ketones (excluding diaryl/α,β-unsaturated/α-hetero) is 1. The maximum Gasteiger partial charge on any atom is 0.304 e. The van der Waals surface area contributed by atoms with Gasteiger partial charge in [0.15, 0.2) is 17.3 Å². The van der Waals surface area contributed by atoms with E-state index in [4.69, 9.17) is 14.6 Å². The highest BCUT2D eigenvalue weighted by Crippen LogP contribution is 2.34. The number of aliphatic carboxylic acids is 1. The third-order valence-electron chi connectivity index (χ3n) is 4.28. The molecule has 0 unspecified atom stereocenters. The summed E-state index contributed by atoms with van der Waals surface area (Å²) in [7, 11) is 0. The third kappa shape index (κ3) is 4.54. The van der Waals surface area contributed by atoms with Gasteiger partial charge in [-0.05, 0) is 12.1 Å². The Morgan fingerprint density at radius 3 is 2.44 bits per heavy atom. The van der Waals surface area contributed by atoms with Gasteiger partial charge in [-0.3, -0.25) is 9.59 Å². The highest BCUT2D eigenvalue weighted by Gasteiger charge is 2.45. The summed E-state index contributed by atoms with van der Waals surface area (Å²) in [5, 5.41) is 57.8. The predicted octanol–water partition coefficient (Wildman–Crippen LogP) is -1.14. The van der Waals surface area contributed by atoms with Gasteiger partial charge in [0, 0.05) is 5.92 Å². The molecule has 0 spiro atoms. The number of hydrogen-bond donors (Lipinski definition) is 6. The van der Waals surface area contributed by atoms with E-state index in [0.717, 1.165) is 0 Å². The lowest BCUT2D eigenvalue weighted by Gasteiger charge is -2.39. The van der Waals surface area contributed by atoms with Gasteiger partial charge < -0.3 is 40.1 Å².